The molecular formula is C25H33FN6O3. The average Bonchev–Trinajstić information content (AvgIpc) is 3.50. The Morgan fingerprint density at radius 3 is 2.63 bits per heavy atom. The molecule has 1 atom stereocenters. The van der Waals surface area contributed by atoms with Crippen LogP contribution < -0.4 is 0 Å². The van der Waals surface area contributed by atoms with Gasteiger partial charge in [-0.25, -0.2) is 4.39 Å². The Labute approximate surface area is 203 Å². The Kier molecular flexibility index (Phi) is 6.35. The highest BCUT2D eigenvalue weighted by molar-refractivity contribution is 5.83. The lowest BCUT2D eigenvalue weighted by Crippen LogP contribution is -2.52. The third-order valence-electron chi connectivity index (χ3n) is 7.74. The number of fused-ring (bicyclic) bond motifs is 1. The number of hydrogen-bond donors (Lipinski definition) is 1. The highest BCUT2D eigenvalue weighted by Gasteiger charge is 2.39. The Bertz CT molecular complexity index is 1210. The van der Waals surface area contributed by atoms with Crippen molar-refractivity contribution in [2.24, 2.45) is 0 Å². The topological polar surface area (TPSA) is 101 Å². The highest BCUT2D eigenvalue weighted by Crippen LogP contribution is 2.36. The Hall–Kier alpha value is -2.85. The summed E-state index contributed by atoms with van der Waals surface area (Å²) in [4.78, 5) is 21.0. The molecule has 1 aromatic carbocycles. The van der Waals surface area contributed by atoms with Crippen molar-refractivity contribution in [3.8, 4) is 5.95 Å². The third kappa shape index (κ3) is 4.33. The van der Waals surface area contributed by atoms with Crippen LogP contribution in [0.3, 0.4) is 0 Å². The Morgan fingerprint density at radius 2 is 1.97 bits per heavy atom. The summed E-state index contributed by atoms with van der Waals surface area (Å²) in [5.41, 5.74) is 0.906. The number of benzene rings is 1. The molecule has 2 aliphatic heterocycles. The van der Waals surface area contributed by atoms with Crippen molar-refractivity contribution >= 4 is 16.8 Å². The Morgan fingerprint density at radius 1 is 1.26 bits per heavy atom. The molecule has 0 unspecified atom stereocenters. The number of piperidine rings is 2. The second kappa shape index (κ2) is 9.31. The van der Waals surface area contributed by atoms with Gasteiger partial charge in [-0.2, -0.15) is 14.8 Å². The first-order valence-electron chi connectivity index (χ1n) is 12.5. The molecule has 2 aliphatic rings. The van der Waals surface area contributed by atoms with Crippen molar-refractivity contribution in [3.63, 3.8) is 0 Å². The lowest BCUT2D eigenvalue weighted by Gasteiger charge is -2.44. The van der Waals surface area contributed by atoms with Crippen molar-refractivity contribution in [2.45, 2.75) is 70.4 Å². The maximum atomic E-state index is 14.7. The Balaban J connectivity index is 1.27. The minimum absolute atomic E-state index is 0.183. The predicted octanol–water partition coefficient (Wildman–Crippen LogP) is 2.84. The van der Waals surface area contributed by atoms with Crippen LogP contribution in [0, 0.1) is 5.82 Å². The fourth-order valence-electron chi connectivity index (χ4n) is 5.45. The summed E-state index contributed by atoms with van der Waals surface area (Å²) >= 11 is 0. The van der Waals surface area contributed by atoms with E-state index in [-0.39, 0.29) is 23.1 Å². The largest absolute Gasteiger partial charge is 0.384 e. The number of amides is 1. The molecule has 0 aliphatic carbocycles. The van der Waals surface area contributed by atoms with Crippen molar-refractivity contribution in [2.75, 3.05) is 26.2 Å². The van der Waals surface area contributed by atoms with E-state index in [0.29, 0.717) is 37.0 Å². The minimum Gasteiger partial charge on any atom is -0.384 e. The highest BCUT2D eigenvalue weighted by atomic mass is 19.1. The first-order chi connectivity index (χ1) is 16.8. The molecular weight excluding hydrogens is 451 g/mol. The molecule has 3 aromatic rings. The number of aliphatic hydroxyl groups excluding tert-OH is 1. The average molecular weight is 485 g/mol. The SMILES string of the molecule is CCc1nn(-c2noc(C3(C)CCN(C4CCN(C(=O)[C@H](C)O)CC4)CC3)n2)c2c(F)cccc12. The number of aryl methyl sites for hydroxylation is 1. The first-order valence-corrected chi connectivity index (χ1v) is 12.5. The molecule has 188 valence electrons. The molecule has 0 spiro atoms. The maximum Gasteiger partial charge on any atom is 0.291 e. The number of likely N-dealkylation sites (tertiary alicyclic amines) is 2. The molecule has 4 heterocycles. The normalized spacial score (nSPS) is 20.4. The van der Waals surface area contributed by atoms with Gasteiger partial charge in [-0.15, -0.1) is 0 Å². The molecule has 1 N–H and O–H groups in total. The van der Waals surface area contributed by atoms with Gasteiger partial charge in [0.1, 0.15) is 17.4 Å². The zero-order chi connectivity index (χ0) is 24.7. The van der Waals surface area contributed by atoms with Crippen LogP contribution in [0.15, 0.2) is 22.7 Å². The van der Waals surface area contributed by atoms with Crippen LogP contribution in [0.4, 0.5) is 4.39 Å². The summed E-state index contributed by atoms with van der Waals surface area (Å²) in [7, 11) is 0. The van der Waals surface area contributed by atoms with E-state index >= 15 is 0 Å². The van der Waals surface area contributed by atoms with E-state index < -0.39 is 6.10 Å². The fourth-order valence-corrected chi connectivity index (χ4v) is 5.45. The molecule has 35 heavy (non-hydrogen) atoms. The van der Waals surface area contributed by atoms with Crippen molar-refractivity contribution in [1.82, 2.24) is 29.7 Å². The molecule has 10 heteroatoms. The predicted molar refractivity (Wildman–Crippen MR) is 128 cm³/mol. The molecule has 0 radical (unpaired) electrons. The summed E-state index contributed by atoms with van der Waals surface area (Å²) < 4.78 is 21.8. The second-order valence-corrected chi connectivity index (χ2v) is 10.1. The standard InChI is InChI=1S/C25H33FN6O3/c1-4-20-18-6-5-7-19(26)21(18)32(28-20)24-27-23(35-29-24)25(3)10-14-30(15-11-25)17-8-12-31(13-9-17)22(34)16(2)33/h5-7,16-17,33H,4,8-15H2,1-3H3/t16-/m0/s1. The number of carbonyl (C=O) groups excluding carboxylic acids is 1. The van der Waals surface area contributed by atoms with E-state index in [1.54, 1.807) is 11.0 Å². The van der Waals surface area contributed by atoms with Gasteiger partial charge in [0.15, 0.2) is 0 Å². The van der Waals surface area contributed by atoms with Crippen LogP contribution >= 0.6 is 0 Å². The molecule has 9 nitrogen and oxygen atoms in total. The van der Waals surface area contributed by atoms with Gasteiger partial charge in [0.25, 0.3) is 11.9 Å². The van der Waals surface area contributed by atoms with Gasteiger partial charge in [0.05, 0.1) is 5.69 Å². The molecule has 5 rings (SSSR count). The van der Waals surface area contributed by atoms with E-state index in [2.05, 4.69) is 27.1 Å². The van der Waals surface area contributed by atoms with Gasteiger partial charge in [-0.05, 0) is 63.3 Å². The maximum absolute atomic E-state index is 14.7. The van der Waals surface area contributed by atoms with Gasteiger partial charge in [-0.3, -0.25) is 4.79 Å². The summed E-state index contributed by atoms with van der Waals surface area (Å²) in [5, 5.41) is 19.1. The number of aliphatic hydroxyl groups is 1. The molecule has 2 aromatic heterocycles. The van der Waals surface area contributed by atoms with Crippen LogP contribution in [0.2, 0.25) is 0 Å². The van der Waals surface area contributed by atoms with Crippen LogP contribution in [0.1, 0.15) is 58.0 Å². The van der Waals surface area contributed by atoms with Crippen molar-refractivity contribution in [1.29, 1.82) is 0 Å². The molecule has 0 saturated carbocycles. The quantitative estimate of drug-likeness (QED) is 0.594. The molecule has 0 bridgehead atoms. The first kappa shape index (κ1) is 23.9. The lowest BCUT2D eigenvalue weighted by atomic mass is 9.79. The zero-order valence-corrected chi connectivity index (χ0v) is 20.6. The summed E-state index contributed by atoms with van der Waals surface area (Å²) in [6.45, 7) is 8.84. The van der Waals surface area contributed by atoms with Crippen LogP contribution in [0.5, 0.6) is 0 Å². The van der Waals surface area contributed by atoms with Gasteiger partial charge in [0, 0.05) is 29.9 Å². The second-order valence-electron chi connectivity index (χ2n) is 10.1. The number of hydrogen-bond acceptors (Lipinski definition) is 7. The number of para-hydroxylation sites is 1. The number of carbonyl (C=O) groups is 1. The molecule has 2 saturated heterocycles. The summed E-state index contributed by atoms with van der Waals surface area (Å²) in [6, 6.07) is 5.40. The number of rotatable bonds is 5. The van der Waals surface area contributed by atoms with E-state index in [4.69, 9.17) is 4.52 Å². The van der Waals surface area contributed by atoms with Crippen molar-refractivity contribution < 1.29 is 18.8 Å². The number of aromatic nitrogens is 4. The van der Waals surface area contributed by atoms with Gasteiger partial charge < -0.3 is 19.4 Å². The molecule has 2 fully saturated rings. The number of halogens is 1. The van der Waals surface area contributed by atoms with E-state index in [0.717, 1.165) is 49.9 Å². The van der Waals surface area contributed by atoms with Gasteiger partial charge in [0.2, 0.25) is 5.89 Å². The zero-order valence-electron chi connectivity index (χ0n) is 20.6. The van der Waals surface area contributed by atoms with Gasteiger partial charge in [-0.1, -0.05) is 26.0 Å². The monoisotopic (exact) mass is 484 g/mol. The van der Waals surface area contributed by atoms with Crippen LogP contribution in [0.25, 0.3) is 16.9 Å². The van der Waals surface area contributed by atoms with E-state index in [1.165, 1.54) is 17.7 Å². The smallest absolute Gasteiger partial charge is 0.291 e. The van der Waals surface area contributed by atoms with Crippen molar-refractivity contribution in [3.05, 3.63) is 35.6 Å². The summed E-state index contributed by atoms with van der Waals surface area (Å²) in [6.07, 6.45) is 3.31. The fraction of sp³-hybridized carbons (Fsp3) is 0.600. The minimum atomic E-state index is -0.939. The van der Waals surface area contributed by atoms with E-state index in [1.807, 2.05) is 13.0 Å². The van der Waals surface area contributed by atoms with E-state index in [9.17, 15) is 14.3 Å². The van der Waals surface area contributed by atoms with Gasteiger partial charge >= 0.3 is 0 Å². The van der Waals surface area contributed by atoms with Crippen LogP contribution in [-0.2, 0) is 16.6 Å². The lowest BCUT2D eigenvalue weighted by molar-refractivity contribution is -0.141. The molecule has 1 amide bonds. The number of nitrogens with zero attached hydrogens (tertiary/aromatic N) is 6. The third-order valence-corrected chi connectivity index (χ3v) is 7.74. The summed E-state index contributed by atoms with van der Waals surface area (Å²) in [5.74, 6) is 0.274. The van der Waals surface area contributed by atoms with Crippen LogP contribution in [-0.4, -0.2) is 79.1 Å².